The van der Waals surface area contributed by atoms with E-state index in [9.17, 15) is 0 Å². The van der Waals surface area contributed by atoms with Gasteiger partial charge >= 0.3 is 0 Å². The molecule has 0 spiro atoms. The molecule has 4 aliphatic carbocycles. The largest absolute Gasteiger partial charge is 0.380 e. The monoisotopic (exact) mass is 606 g/mol. The molecule has 6 rings (SSSR count). The number of ether oxygens (including phenoxy) is 7. The van der Waals surface area contributed by atoms with Crippen LogP contribution in [0.4, 0.5) is 0 Å². The number of hydrogen-bond donors (Lipinski definition) is 0. The van der Waals surface area contributed by atoms with Crippen molar-refractivity contribution in [2.24, 2.45) is 10.8 Å². The Morgan fingerprint density at radius 2 is 0.767 bits per heavy atom. The molecule has 0 bridgehead atoms. The molecular weight excluding hydrogens is 544 g/mol. The number of rotatable bonds is 16. The van der Waals surface area contributed by atoms with Crippen LogP contribution < -0.4 is 0 Å². The first-order valence-electron chi connectivity index (χ1n) is 18.3. The van der Waals surface area contributed by atoms with Crippen LogP contribution in [0.15, 0.2) is 0 Å². The summed E-state index contributed by atoms with van der Waals surface area (Å²) in [5.74, 6) is -1.77. The van der Waals surface area contributed by atoms with Gasteiger partial charge in [0.1, 0.15) is 12.2 Å². The van der Waals surface area contributed by atoms with E-state index in [-0.39, 0.29) is 47.5 Å². The summed E-state index contributed by atoms with van der Waals surface area (Å²) >= 11 is 0. The molecule has 2 atom stereocenters. The summed E-state index contributed by atoms with van der Waals surface area (Å²) in [6, 6.07) is 0. The topological polar surface area (TPSA) is 64.6 Å². The van der Waals surface area contributed by atoms with E-state index in [0.717, 1.165) is 64.2 Å². The molecule has 4 saturated carbocycles. The van der Waals surface area contributed by atoms with E-state index in [0.29, 0.717) is 26.4 Å². The summed E-state index contributed by atoms with van der Waals surface area (Å²) in [5, 5.41) is 0. The summed E-state index contributed by atoms with van der Waals surface area (Å²) in [5.41, 5.74) is -0.378. The molecule has 6 aliphatic rings. The van der Waals surface area contributed by atoms with Crippen molar-refractivity contribution >= 4 is 0 Å². The standard InChI is InChI=1S/C36H62O7/c1-5-35(23-37-24-35)31(33(3,40-27-15-7-8-16-27)41-28-17-9-10-18-28)39-32(36(6-2)25-38-26-36)34(4,42-29-19-11-12-20-29)43-30-21-13-14-22-30/h27-32H,5-26H2,1-4H3. The minimum atomic E-state index is -0.886. The van der Waals surface area contributed by atoms with Gasteiger partial charge in [-0.15, -0.1) is 0 Å². The van der Waals surface area contributed by atoms with E-state index in [1.165, 1.54) is 51.4 Å². The third-order valence-corrected chi connectivity index (χ3v) is 12.1. The Bertz CT molecular complexity index is 744. The molecule has 2 heterocycles. The quantitative estimate of drug-likeness (QED) is 0.166. The van der Waals surface area contributed by atoms with Crippen molar-refractivity contribution in [2.75, 3.05) is 26.4 Å². The van der Waals surface area contributed by atoms with E-state index in [2.05, 4.69) is 27.7 Å². The average Bonchev–Trinajstić information content (AvgIpc) is 3.76. The Labute approximate surface area is 261 Å². The smallest absolute Gasteiger partial charge is 0.193 e. The Kier molecular flexibility index (Phi) is 10.5. The van der Waals surface area contributed by atoms with Crippen LogP contribution in [0, 0.1) is 10.8 Å². The van der Waals surface area contributed by atoms with Crippen molar-refractivity contribution in [3.05, 3.63) is 0 Å². The average molecular weight is 607 g/mol. The molecule has 2 unspecified atom stereocenters. The van der Waals surface area contributed by atoms with Gasteiger partial charge in [0.05, 0.1) is 50.8 Å². The molecule has 0 aromatic carbocycles. The van der Waals surface area contributed by atoms with Crippen LogP contribution in [0.5, 0.6) is 0 Å². The summed E-state index contributed by atoms with van der Waals surface area (Å²) in [4.78, 5) is 0. The van der Waals surface area contributed by atoms with Gasteiger partial charge in [0.25, 0.3) is 0 Å². The zero-order valence-corrected chi connectivity index (χ0v) is 27.9. The van der Waals surface area contributed by atoms with Crippen LogP contribution in [-0.2, 0) is 33.2 Å². The molecule has 0 N–H and O–H groups in total. The van der Waals surface area contributed by atoms with Crippen molar-refractivity contribution in [3.63, 3.8) is 0 Å². The predicted molar refractivity (Wildman–Crippen MR) is 166 cm³/mol. The second kappa shape index (κ2) is 13.8. The van der Waals surface area contributed by atoms with E-state index in [1.54, 1.807) is 0 Å². The molecular formula is C36H62O7. The molecule has 6 fully saturated rings. The van der Waals surface area contributed by atoms with E-state index >= 15 is 0 Å². The Balaban J connectivity index is 1.39. The van der Waals surface area contributed by atoms with Gasteiger partial charge in [-0.1, -0.05) is 65.2 Å². The fraction of sp³-hybridized carbons (Fsp3) is 1.00. The molecule has 2 aliphatic heterocycles. The molecule has 0 aromatic heterocycles. The second-order valence-electron chi connectivity index (χ2n) is 15.4. The van der Waals surface area contributed by atoms with Gasteiger partial charge in [0, 0.05) is 10.8 Å². The highest BCUT2D eigenvalue weighted by molar-refractivity contribution is 5.05. The first-order chi connectivity index (χ1) is 20.8. The first kappa shape index (κ1) is 32.7. The van der Waals surface area contributed by atoms with Crippen molar-refractivity contribution < 1.29 is 33.2 Å². The maximum Gasteiger partial charge on any atom is 0.193 e. The van der Waals surface area contributed by atoms with Crippen molar-refractivity contribution in [1.29, 1.82) is 0 Å². The van der Waals surface area contributed by atoms with Gasteiger partial charge < -0.3 is 33.2 Å². The van der Waals surface area contributed by atoms with Crippen LogP contribution in [-0.4, -0.2) is 74.6 Å². The van der Waals surface area contributed by atoms with Gasteiger partial charge in [-0.2, -0.15) is 0 Å². The normalized spacial score (nSPS) is 28.7. The van der Waals surface area contributed by atoms with Crippen LogP contribution in [0.25, 0.3) is 0 Å². The predicted octanol–water partition coefficient (Wildman–Crippen LogP) is 7.86. The lowest BCUT2D eigenvalue weighted by molar-refractivity contribution is -0.408. The fourth-order valence-corrected chi connectivity index (χ4v) is 9.25. The third kappa shape index (κ3) is 6.89. The molecule has 7 heteroatoms. The van der Waals surface area contributed by atoms with Crippen molar-refractivity contribution in [2.45, 2.75) is 191 Å². The highest BCUT2D eigenvalue weighted by atomic mass is 16.8. The zero-order valence-electron chi connectivity index (χ0n) is 27.9. The fourth-order valence-electron chi connectivity index (χ4n) is 9.25. The molecule has 0 amide bonds. The maximum absolute atomic E-state index is 7.76. The molecule has 2 saturated heterocycles. The lowest BCUT2D eigenvalue weighted by atomic mass is 9.71. The lowest BCUT2D eigenvalue weighted by Crippen LogP contribution is -2.70. The zero-order chi connectivity index (χ0) is 30.0. The van der Waals surface area contributed by atoms with Gasteiger partial charge in [0.15, 0.2) is 11.6 Å². The van der Waals surface area contributed by atoms with E-state index in [4.69, 9.17) is 33.2 Å². The van der Waals surface area contributed by atoms with Gasteiger partial charge in [-0.3, -0.25) is 0 Å². The van der Waals surface area contributed by atoms with Gasteiger partial charge in [0.2, 0.25) is 0 Å². The third-order valence-electron chi connectivity index (χ3n) is 12.1. The lowest BCUT2D eigenvalue weighted by Gasteiger charge is -2.59. The molecule has 43 heavy (non-hydrogen) atoms. The Hall–Kier alpha value is -0.280. The highest BCUT2D eigenvalue weighted by Crippen LogP contribution is 2.52. The van der Waals surface area contributed by atoms with Crippen LogP contribution in [0.3, 0.4) is 0 Å². The van der Waals surface area contributed by atoms with Crippen LogP contribution in [0.2, 0.25) is 0 Å². The van der Waals surface area contributed by atoms with Gasteiger partial charge in [-0.25, -0.2) is 0 Å². The van der Waals surface area contributed by atoms with Crippen molar-refractivity contribution in [1.82, 2.24) is 0 Å². The summed E-state index contributed by atoms with van der Waals surface area (Å²) in [7, 11) is 0. The van der Waals surface area contributed by atoms with Crippen LogP contribution >= 0.6 is 0 Å². The summed E-state index contributed by atoms with van der Waals surface area (Å²) < 4.78 is 48.4. The van der Waals surface area contributed by atoms with E-state index < -0.39 is 11.6 Å². The molecule has 248 valence electrons. The van der Waals surface area contributed by atoms with Gasteiger partial charge in [-0.05, 0) is 78.1 Å². The second-order valence-corrected chi connectivity index (χ2v) is 15.4. The molecule has 7 nitrogen and oxygen atoms in total. The number of hydrogen-bond acceptors (Lipinski definition) is 7. The summed E-state index contributed by atoms with van der Waals surface area (Å²) in [6.07, 6.45) is 20.6. The maximum atomic E-state index is 7.76. The van der Waals surface area contributed by atoms with Crippen molar-refractivity contribution in [3.8, 4) is 0 Å². The minimum absolute atomic E-state index is 0.189. The Morgan fingerprint density at radius 3 is 0.953 bits per heavy atom. The highest BCUT2D eigenvalue weighted by Gasteiger charge is 2.63. The first-order valence-corrected chi connectivity index (χ1v) is 18.3. The van der Waals surface area contributed by atoms with Crippen LogP contribution in [0.1, 0.15) is 143 Å². The molecule has 0 aromatic rings. The summed E-state index contributed by atoms with van der Waals surface area (Å²) in [6.45, 7) is 11.6. The Morgan fingerprint density at radius 1 is 0.512 bits per heavy atom. The van der Waals surface area contributed by atoms with E-state index in [1.807, 2.05) is 0 Å². The SMILES string of the molecule is CCC1(C(OC(C2(CC)COC2)C(C)(OC2CCCC2)OC2CCCC2)C(C)(OC2CCCC2)OC2CCCC2)COC1. The minimum Gasteiger partial charge on any atom is -0.380 e. The molecule has 0 radical (unpaired) electrons.